The Bertz CT molecular complexity index is 877. The van der Waals surface area contributed by atoms with Gasteiger partial charge in [0.1, 0.15) is 0 Å². The smallest absolute Gasteiger partial charge is 1.00 e. The van der Waals surface area contributed by atoms with Crippen LogP contribution in [0.4, 0.5) is 0 Å². The SMILES string of the molecule is CC1=CC(c2ccccc2)C(C2=[C-]C(c3ccccc3)C=C2C)=C1.[Cl-].[Cl-].[Zr+3]. The second kappa shape index (κ2) is 10.4. The molecule has 0 amide bonds. The summed E-state index contributed by atoms with van der Waals surface area (Å²) < 4.78 is 0. The summed E-state index contributed by atoms with van der Waals surface area (Å²) >= 11 is 0. The van der Waals surface area contributed by atoms with Crippen LogP contribution in [-0.2, 0) is 26.2 Å². The summed E-state index contributed by atoms with van der Waals surface area (Å²) in [5, 5.41) is 0. The molecule has 0 fully saturated rings. The monoisotopic (exact) mass is 469 g/mol. The van der Waals surface area contributed by atoms with Gasteiger partial charge < -0.3 is 24.8 Å². The van der Waals surface area contributed by atoms with E-state index in [0.29, 0.717) is 5.92 Å². The molecule has 0 bridgehead atoms. The molecular formula is C24H21Cl2Zr. The molecule has 0 heterocycles. The van der Waals surface area contributed by atoms with Crippen LogP contribution in [0.15, 0.2) is 101 Å². The van der Waals surface area contributed by atoms with Gasteiger partial charge in [0.05, 0.1) is 0 Å². The van der Waals surface area contributed by atoms with Gasteiger partial charge in [-0.25, -0.2) is 0 Å². The third kappa shape index (κ3) is 5.02. The molecule has 0 aromatic heterocycles. The molecular weight excluding hydrogens is 450 g/mol. The van der Waals surface area contributed by atoms with Crippen LogP contribution < -0.4 is 24.8 Å². The van der Waals surface area contributed by atoms with Crippen LogP contribution in [0, 0.1) is 6.08 Å². The van der Waals surface area contributed by atoms with Gasteiger partial charge in [-0.15, -0.1) is 17.7 Å². The summed E-state index contributed by atoms with van der Waals surface area (Å²) in [5.41, 5.74) is 8.00. The van der Waals surface area contributed by atoms with Crippen molar-refractivity contribution in [3.8, 4) is 0 Å². The minimum atomic E-state index is 0. The van der Waals surface area contributed by atoms with Crippen molar-refractivity contribution in [2.45, 2.75) is 25.7 Å². The van der Waals surface area contributed by atoms with Crippen molar-refractivity contribution in [1.29, 1.82) is 0 Å². The minimum absolute atomic E-state index is 0. The quantitative estimate of drug-likeness (QED) is 0.559. The second-order valence-electron chi connectivity index (χ2n) is 6.66. The molecule has 0 saturated carbocycles. The Morgan fingerprint density at radius 3 is 1.89 bits per heavy atom. The zero-order valence-electron chi connectivity index (χ0n) is 15.4. The maximum absolute atomic E-state index is 3.74. The zero-order valence-corrected chi connectivity index (χ0v) is 19.4. The van der Waals surface area contributed by atoms with Gasteiger partial charge in [-0.05, 0) is 24.3 Å². The van der Waals surface area contributed by atoms with Crippen molar-refractivity contribution in [3.63, 3.8) is 0 Å². The number of hydrogen-bond acceptors (Lipinski definition) is 0. The number of benzene rings is 2. The number of hydrogen-bond donors (Lipinski definition) is 0. The summed E-state index contributed by atoms with van der Waals surface area (Å²) in [6, 6.07) is 21.4. The average molecular weight is 472 g/mol. The molecule has 2 aliphatic rings. The van der Waals surface area contributed by atoms with Crippen LogP contribution in [0.2, 0.25) is 0 Å². The third-order valence-electron chi connectivity index (χ3n) is 4.86. The van der Waals surface area contributed by atoms with Gasteiger partial charge in [0.2, 0.25) is 0 Å². The van der Waals surface area contributed by atoms with Gasteiger partial charge >= 0.3 is 26.2 Å². The maximum atomic E-state index is 3.74. The van der Waals surface area contributed by atoms with Gasteiger partial charge in [0, 0.05) is 0 Å². The molecule has 2 aromatic rings. The first kappa shape index (κ1) is 23.9. The normalized spacial score (nSPS) is 20.2. The number of allylic oxidation sites excluding steroid dienone is 8. The van der Waals surface area contributed by atoms with Crippen LogP contribution in [0.25, 0.3) is 0 Å². The van der Waals surface area contributed by atoms with Crippen molar-refractivity contribution in [1.82, 2.24) is 0 Å². The first-order valence-corrected chi connectivity index (χ1v) is 8.55. The fraction of sp³-hybridized carbons (Fsp3) is 0.167. The molecule has 2 aliphatic carbocycles. The molecule has 3 heteroatoms. The van der Waals surface area contributed by atoms with Gasteiger partial charge in [0.15, 0.2) is 0 Å². The average Bonchev–Trinajstić information content (AvgIpc) is 3.19. The Kier molecular flexibility index (Phi) is 9.22. The molecule has 0 saturated heterocycles. The molecule has 0 N–H and O–H groups in total. The Morgan fingerprint density at radius 2 is 1.30 bits per heavy atom. The summed E-state index contributed by atoms with van der Waals surface area (Å²) in [5.74, 6) is 0.603. The van der Waals surface area contributed by atoms with E-state index in [4.69, 9.17) is 0 Å². The van der Waals surface area contributed by atoms with Gasteiger partial charge in [0.25, 0.3) is 0 Å². The molecule has 4 rings (SSSR count). The second-order valence-corrected chi connectivity index (χ2v) is 6.66. The van der Waals surface area contributed by atoms with Crippen molar-refractivity contribution < 1.29 is 51.0 Å². The predicted molar refractivity (Wildman–Crippen MR) is 101 cm³/mol. The minimum Gasteiger partial charge on any atom is -1.00 e. The van der Waals surface area contributed by atoms with E-state index in [0.717, 1.165) is 0 Å². The van der Waals surface area contributed by atoms with E-state index in [2.05, 4.69) is 98.8 Å². The molecule has 135 valence electrons. The first-order valence-electron chi connectivity index (χ1n) is 8.55. The van der Waals surface area contributed by atoms with Crippen molar-refractivity contribution in [3.05, 3.63) is 118 Å². The van der Waals surface area contributed by atoms with Crippen LogP contribution in [-0.4, -0.2) is 0 Å². The van der Waals surface area contributed by atoms with E-state index in [1.807, 2.05) is 0 Å². The third-order valence-corrected chi connectivity index (χ3v) is 4.86. The summed E-state index contributed by atoms with van der Waals surface area (Å²) in [6.45, 7) is 4.40. The van der Waals surface area contributed by atoms with Crippen LogP contribution in [0.3, 0.4) is 0 Å². The molecule has 0 spiro atoms. The van der Waals surface area contributed by atoms with E-state index in [-0.39, 0.29) is 56.9 Å². The Labute approximate surface area is 194 Å². The van der Waals surface area contributed by atoms with E-state index in [1.165, 1.54) is 33.4 Å². The Morgan fingerprint density at radius 1 is 0.741 bits per heavy atom. The molecule has 2 unspecified atom stereocenters. The Hall–Kier alpha value is -1.14. The van der Waals surface area contributed by atoms with E-state index in [1.54, 1.807) is 0 Å². The molecule has 2 aromatic carbocycles. The summed E-state index contributed by atoms with van der Waals surface area (Å²) in [4.78, 5) is 0. The topological polar surface area (TPSA) is 0 Å². The van der Waals surface area contributed by atoms with Crippen LogP contribution in [0.1, 0.15) is 36.8 Å². The molecule has 27 heavy (non-hydrogen) atoms. The Balaban J connectivity index is 0.00000121. The molecule has 2 atom stereocenters. The predicted octanol–water partition coefficient (Wildman–Crippen LogP) is 0.135. The largest absolute Gasteiger partial charge is 3.00 e. The van der Waals surface area contributed by atoms with Gasteiger partial charge in [-0.2, -0.15) is 17.2 Å². The number of halogens is 2. The summed E-state index contributed by atoms with van der Waals surface area (Å²) in [6.07, 6.45) is 10.8. The van der Waals surface area contributed by atoms with E-state index in [9.17, 15) is 0 Å². The van der Waals surface area contributed by atoms with Crippen molar-refractivity contribution in [2.75, 3.05) is 0 Å². The molecule has 1 radical (unpaired) electrons. The van der Waals surface area contributed by atoms with Crippen LogP contribution >= 0.6 is 0 Å². The van der Waals surface area contributed by atoms with Crippen molar-refractivity contribution in [2.24, 2.45) is 0 Å². The van der Waals surface area contributed by atoms with Gasteiger partial charge in [-0.1, -0.05) is 84.8 Å². The van der Waals surface area contributed by atoms with Gasteiger partial charge in [-0.3, -0.25) is 0 Å². The summed E-state index contributed by atoms with van der Waals surface area (Å²) in [7, 11) is 0. The van der Waals surface area contributed by atoms with E-state index >= 15 is 0 Å². The zero-order chi connectivity index (χ0) is 16.5. The molecule has 0 nitrogen and oxygen atoms in total. The van der Waals surface area contributed by atoms with Crippen LogP contribution in [0.5, 0.6) is 0 Å². The first-order chi connectivity index (χ1) is 11.7. The van der Waals surface area contributed by atoms with E-state index < -0.39 is 0 Å². The standard InChI is InChI=1S/C24H21.2ClH.Zr/c1-17-13-23(20-11-7-4-8-12-20)24(14-17)22-16-21(15-18(22)2)19-9-5-3-6-10-19;;;/h3-15,21,23H,1-2H3;2*1H;/q-1;;;+3/p-2. The molecule has 0 aliphatic heterocycles. The number of rotatable bonds is 3. The fourth-order valence-electron chi connectivity index (χ4n) is 3.69. The fourth-order valence-corrected chi connectivity index (χ4v) is 3.69. The van der Waals surface area contributed by atoms with Crippen molar-refractivity contribution >= 4 is 0 Å². The maximum Gasteiger partial charge on any atom is 3.00 e.